The van der Waals surface area contributed by atoms with Crippen molar-refractivity contribution >= 4 is 23.0 Å². The van der Waals surface area contributed by atoms with Gasteiger partial charge in [0.15, 0.2) is 0 Å². The van der Waals surface area contributed by atoms with Crippen LogP contribution in [0.15, 0.2) is 12.3 Å². The lowest BCUT2D eigenvalue weighted by Crippen LogP contribution is -2.36. The quantitative estimate of drug-likeness (QED) is 0.826. The van der Waals surface area contributed by atoms with Gasteiger partial charge >= 0.3 is 0 Å². The largest absolute Gasteiger partial charge is 0.389 e. The van der Waals surface area contributed by atoms with Crippen LogP contribution < -0.4 is 11.1 Å². The number of nitrogens with one attached hydrogen (secondary N) is 1. The van der Waals surface area contributed by atoms with E-state index in [9.17, 15) is 0 Å². The Morgan fingerprint density at radius 3 is 2.37 bits per heavy atom. The maximum absolute atomic E-state index is 5.81. The van der Waals surface area contributed by atoms with Crippen LogP contribution in [-0.4, -0.2) is 15.5 Å². The second kappa shape index (κ2) is 5.45. The average molecular weight is 279 g/mol. The van der Waals surface area contributed by atoms with Gasteiger partial charge in [-0.2, -0.15) is 0 Å². The number of aryl methyl sites for hydroxylation is 1. The molecule has 0 radical (unpaired) electrons. The molecule has 0 fully saturated rings. The summed E-state index contributed by atoms with van der Waals surface area (Å²) >= 11 is 5.13. The highest BCUT2D eigenvalue weighted by atomic mass is 32.1. The van der Waals surface area contributed by atoms with Crippen LogP contribution in [0.1, 0.15) is 52.2 Å². The van der Waals surface area contributed by atoms with E-state index in [1.165, 1.54) is 0 Å². The monoisotopic (exact) mass is 279 g/mol. The van der Waals surface area contributed by atoms with E-state index in [0.717, 1.165) is 23.4 Å². The molecule has 0 aliphatic heterocycles. The molecule has 0 aromatic carbocycles. The van der Waals surface area contributed by atoms with Crippen molar-refractivity contribution < 1.29 is 0 Å². The number of nitrogens with two attached hydrogens (primary N) is 1. The van der Waals surface area contributed by atoms with Gasteiger partial charge in [0.05, 0.1) is 5.56 Å². The molecule has 0 atom stereocenters. The van der Waals surface area contributed by atoms with Crippen molar-refractivity contribution in [1.29, 1.82) is 0 Å². The summed E-state index contributed by atoms with van der Waals surface area (Å²) in [6.07, 6.45) is 2.80. The van der Waals surface area contributed by atoms with Crippen molar-refractivity contribution in [2.75, 3.05) is 5.32 Å². The number of thiocarbonyl (C=S) groups is 1. The molecule has 0 saturated carbocycles. The third-order valence-electron chi connectivity index (χ3n) is 2.83. The minimum atomic E-state index is -0.0709. The molecule has 1 aromatic heterocycles. The molecular weight excluding hydrogens is 254 g/mol. The smallest absolute Gasteiger partial charge is 0.136 e. The van der Waals surface area contributed by atoms with Gasteiger partial charge in [0.1, 0.15) is 10.8 Å². The van der Waals surface area contributed by atoms with E-state index in [0.29, 0.717) is 4.99 Å². The Kier molecular flexibility index (Phi) is 4.56. The minimum Gasteiger partial charge on any atom is -0.389 e. The van der Waals surface area contributed by atoms with Gasteiger partial charge in [0, 0.05) is 11.7 Å². The summed E-state index contributed by atoms with van der Waals surface area (Å²) in [7, 11) is 0. The molecule has 0 amide bonds. The highest BCUT2D eigenvalue weighted by Crippen LogP contribution is 2.30. The first-order valence-corrected chi connectivity index (χ1v) is 6.96. The lowest BCUT2D eigenvalue weighted by Gasteiger charge is -2.34. The van der Waals surface area contributed by atoms with Crippen LogP contribution in [0.2, 0.25) is 0 Å². The topological polar surface area (TPSA) is 50.9 Å². The molecule has 106 valence electrons. The molecule has 1 heterocycles. The van der Waals surface area contributed by atoms with Crippen molar-refractivity contribution in [2.45, 2.75) is 53.5 Å². The van der Waals surface area contributed by atoms with Gasteiger partial charge in [-0.05, 0) is 44.2 Å². The molecule has 0 saturated heterocycles. The van der Waals surface area contributed by atoms with Crippen LogP contribution in [0.3, 0.4) is 0 Å². The second-order valence-electron chi connectivity index (χ2n) is 6.96. The highest BCUT2D eigenvalue weighted by Gasteiger charge is 2.26. The fourth-order valence-corrected chi connectivity index (χ4v) is 2.91. The molecular formula is C15H25N3S. The van der Waals surface area contributed by atoms with E-state index in [2.05, 4.69) is 44.9 Å². The van der Waals surface area contributed by atoms with Crippen molar-refractivity contribution in [2.24, 2.45) is 11.1 Å². The molecule has 0 unspecified atom stereocenters. The standard InChI is InChI=1S/C15H25N3S/c1-10-7-8-17-13(11(10)12(16)19)18-15(5,6)9-14(2,3)4/h7-8H,9H2,1-6H3,(H2,16,19)(H,17,18). The summed E-state index contributed by atoms with van der Waals surface area (Å²) < 4.78 is 0. The molecule has 0 aliphatic carbocycles. The van der Waals surface area contributed by atoms with Crippen LogP contribution in [0.4, 0.5) is 5.82 Å². The first kappa shape index (κ1) is 15.9. The molecule has 19 heavy (non-hydrogen) atoms. The van der Waals surface area contributed by atoms with Crippen molar-refractivity contribution in [3.63, 3.8) is 0 Å². The van der Waals surface area contributed by atoms with Crippen molar-refractivity contribution in [3.05, 3.63) is 23.4 Å². The number of hydrogen-bond acceptors (Lipinski definition) is 3. The summed E-state index contributed by atoms with van der Waals surface area (Å²) in [4.78, 5) is 4.79. The zero-order valence-electron chi connectivity index (χ0n) is 12.8. The number of rotatable bonds is 4. The third kappa shape index (κ3) is 4.78. The maximum Gasteiger partial charge on any atom is 0.136 e. The fourth-order valence-electron chi connectivity index (χ4n) is 2.65. The Bertz CT molecular complexity index is 473. The Hall–Kier alpha value is -1.16. The van der Waals surface area contributed by atoms with Gasteiger partial charge < -0.3 is 11.1 Å². The SMILES string of the molecule is Cc1ccnc(NC(C)(C)CC(C)(C)C)c1C(N)=S. The lowest BCUT2D eigenvalue weighted by molar-refractivity contribution is 0.302. The number of pyridine rings is 1. The lowest BCUT2D eigenvalue weighted by atomic mass is 9.81. The normalized spacial score (nSPS) is 12.3. The van der Waals surface area contributed by atoms with Crippen LogP contribution in [0, 0.1) is 12.3 Å². The molecule has 3 nitrogen and oxygen atoms in total. The summed E-state index contributed by atoms with van der Waals surface area (Å²) in [5.74, 6) is 0.779. The summed E-state index contributed by atoms with van der Waals surface area (Å²) in [5, 5.41) is 3.49. The Balaban J connectivity index is 3.06. The predicted octanol–water partition coefficient (Wildman–Crippen LogP) is 3.65. The second-order valence-corrected chi connectivity index (χ2v) is 7.40. The van der Waals surface area contributed by atoms with Gasteiger partial charge in [0.25, 0.3) is 0 Å². The summed E-state index contributed by atoms with van der Waals surface area (Å²) in [6.45, 7) is 13.0. The molecule has 3 N–H and O–H groups in total. The van der Waals surface area contributed by atoms with E-state index in [-0.39, 0.29) is 11.0 Å². The molecule has 1 aromatic rings. The van der Waals surface area contributed by atoms with Gasteiger partial charge in [-0.3, -0.25) is 0 Å². The minimum absolute atomic E-state index is 0.0709. The summed E-state index contributed by atoms with van der Waals surface area (Å²) in [6, 6.07) is 1.93. The van der Waals surface area contributed by atoms with Gasteiger partial charge in [-0.1, -0.05) is 33.0 Å². The Morgan fingerprint density at radius 1 is 1.32 bits per heavy atom. The van der Waals surface area contributed by atoms with E-state index in [4.69, 9.17) is 18.0 Å². The van der Waals surface area contributed by atoms with Crippen LogP contribution in [0.5, 0.6) is 0 Å². The number of hydrogen-bond donors (Lipinski definition) is 2. The maximum atomic E-state index is 5.81. The molecule has 1 rings (SSSR count). The first-order valence-electron chi connectivity index (χ1n) is 6.55. The van der Waals surface area contributed by atoms with Crippen molar-refractivity contribution in [1.82, 2.24) is 4.98 Å². The highest BCUT2D eigenvalue weighted by molar-refractivity contribution is 7.80. The predicted molar refractivity (Wildman–Crippen MR) is 86.6 cm³/mol. The van der Waals surface area contributed by atoms with E-state index >= 15 is 0 Å². The van der Waals surface area contributed by atoms with Gasteiger partial charge in [-0.15, -0.1) is 0 Å². The van der Waals surface area contributed by atoms with E-state index < -0.39 is 0 Å². The Labute approximate surface area is 122 Å². The van der Waals surface area contributed by atoms with Crippen LogP contribution >= 0.6 is 12.2 Å². The first-order chi connectivity index (χ1) is 8.52. The van der Waals surface area contributed by atoms with Gasteiger partial charge in [-0.25, -0.2) is 4.98 Å². The fraction of sp³-hybridized carbons (Fsp3) is 0.600. The van der Waals surface area contributed by atoms with E-state index in [1.807, 2.05) is 13.0 Å². The van der Waals surface area contributed by atoms with Crippen LogP contribution in [0.25, 0.3) is 0 Å². The molecule has 0 bridgehead atoms. The number of anilines is 1. The van der Waals surface area contributed by atoms with Crippen molar-refractivity contribution in [3.8, 4) is 0 Å². The van der Waals surface area contributed by atoms with E-state index in [1.54, 1.807) is 6.20 Å². The number of aromatic nitrogens is 1. The van der Waals surface area contributed by atoms with Crippen LogP contribution in [-0.2, 0) is 0 Å². The molecule has 4 heteroatoms. The zero-order chi connectivity index (χ0) is 14.8. The molecule has 0 aliphatic rings. The average Bonchev–Trinajstić information content (AvgIpc) is 2.11. The van der Waals surface area contributed by atoms with Gasteiger partial charge in [0.2, 0.25) is 0 Å². The Morgan fingerprint density at radius 2 is 1.89 bits per heavy atom. The number of nitrogens with zero attached hydrogens (tertiary/aromatic N) is 1. The summed E-state index contributed by atoms with van der Waals surface area (Å²) in [5.41, 5.74) is 7.88. The zero-order valence-corrected chi connectivity index (χ0v) is 13.6. The third-order valence-corrected chi connectivity index (χ3v) is 3.04. The molecule has 0 spiro atoms.